The summed E-state index contributed by atoms with van der Waals surface area (Å²) >= 11 is -1.10. The lowest BCUT2D eigenvalue weighted by molar-refractivity contribution is 0.161. The number of fused-ring (bicyclic) bond motifs is 1. The number of piperidine rings is 1. The summed E-state index contributed by atoms with van der Waals surface area (Å²) in [6, 6.07) is 0.0448. The Bertz CT molecular complexity index is 511. The molecule has 0 radical (unpaired) electrons. The van der Waals surface area contributed by atoms with Crippen molar-refractivity contribution in [3.05, 3.63) is 23.8 Å². The van der Waals surface area contributed by atoms with Crippen molar-refractivity contribution in [2.24, 2.45) is 5.41 Å². The van der Waals surface area contributed by atoms with Gasteiger partial charge < -0.3 is 9.87 Å². The summed E-state index contributed by atoms with van der Waals surface area (Å²) in [5.41, 5.74) is 2.18. The van der Waals surface area contributed by atoms with Crippen molar-refractivity contribution in [2.75, 3.05) is 13.1 Å². The Morgan fingerprint density at radius 1 is 1.29 bits per heavy atom. The van der Waals surface area contributed by atoms with E-state index in [9.17, 15) is 4.55 Å². The lowest BCUT2D eigenvalue weighted by Crippen LogP contribution is -2.49. The van der Waals surface area contributed by atoms with Gasteiger partial charge in [-0.15, -0.1) is 4.72 Å². The number of nitrogens with one attached hydrogen (secondary N) is 2. The monoisotopic (exact) mass is 308 g/mol. The molecule has 1 aliphatic carbocycles. The Hall–Kier alpha value is -0.690. The molecule has 0 amide bonds. The van der Waals surface area contributed by atoms with Crippen LogP contribution in [0.5, 0.6) is 0 Å². The third-order valence-corrected chi connectivity index (χ3v) is 6.15. The fourth-order valence-electron chi connectivity index (χ4n) is 3.34. The van der Waals surface area contributed by atoms with Crippen LogP contribution in [0.3, 0.4) is 0 Å². The minimum absolute atomic E-state index is 0.0448. The molecule has 21 heavy (non-hydrogen) atoms. The topological polar surface area (TPSA) is 72.9 Å². The fraction of sp³-hybridized carbons (Fsp3) is 0.733. The van der Waals surface area contributed by atoms with Gasteiger partial charge in [0.05, 0.1) is 11.4 Å². The SMILES string of the molecule is CC(C)(C)[S+]([O-])N[C@@H]1c2nccnc2CC12CCNCC2. The molecule has 1 fully saturated rings. The van der Waals surface area contributed by atoms with Crippen molar-refractivity contribution >= 4 is 11.4 Å². The lowest BCUT2D eigenvalue weighted by Gasteiger charge is -2.40. The molecule has 2 N–H and O–H groups in total. The van der Waals surface area contributed by atoms with Crippen molar-refractivity contribution in [1.82, 2.24) is 20.0 Å². The highest BCUT2D eigenvalue weighted by molar-refractivity contribution is 7.90. The van der Waals surface area contributed by atoms with Crippen molar-refractivity contribution < 1.29 is 4.55 Å². The maximum absolute atomic E-state index is 12.6. The predicted molar refractivity (Wildman–Crippen MR) is 84.0 cm³/mol. The van der Waals surface area contributed by atoms with Crippen LogP contribution in [0.15, 0.2) is 12.4 Å². The van der Waals surface area contributed by atoms with Crippen molar-refractivity contribution in [3.8, 4) is 0 Å². The van der Waals surface area contributed by atoms with E-state index in [-0.39, 0.29) is 16.2 Å². The summed E-state index contributed by atoms with van der Waals surface area (Å²) in [4.78, 5) is 9.05. The molecule has 6 heteroatoms. The molecule has 1 saturated heterocycles. The molecule has 1 aromatic rings. The highest BCUT2D eigenvalue weighted by Crippen LogP contribution is 2.50. The van der Waals surface area contributed by atoms with Gasteiger partial charge in [0.25, 0.3) is 0 Å². The zero-order valence-corrected chi connectivity index (χ0v) is 13.8. The van der Waals surface area contributed by atoms with Crippen LogP contribution in [0.2, 0.25) is 0 Å². The Morgan fingerprint density at radius 2 is 1.95 bits per heavy atom. The van der Waals surface area contributed by atoms with E-state index >= 15 is 0 Å². The maximum atomic E-state index is 12.6. The Kier molecular flexibility index (Phi) is 3.98. The van der Waals surface area contributed by atoms with Gasteiger partial charge in [-0.05, 0) is 53.1 Å². The van der Waals surface area contributed by atoms with E-state index in [0.717, 1.165) is 43.7 Å². The first-order valence-corrected chi connectivity index (χ1v) is 8.76. The largest absolute Gasteiger partial charge is 0.598 e. The van der Waals surface area contributed by atoms with E-state index in [0.29, 0.717) is 0 Å². The molecule has 2 heterocycles. The molecule has 116 valence electrons. The molecule has 5 nitrogen and oxygen atoms in total. The molecule has 1 aromatic heterocycles. The summed E-state index contributed by atoms with van der Waals surface area (Å²) in [6.45, 7) is 8.01. The van der Waals surface area contributed by atoms with Crippen molar-refractivity contribution in [1.29, 1.82) is 0 Å². The van der Waals surface area contributed by atoms with Gasteiger partial charge in [-0.25, -0.2) is 0 Å². The Morgan fingerprint density at radius 3 is 2.62 bits per heavy atom. The zero-order valence-electron chi connectivity index (χ0n) is 13.0. The molecule has 0 saturated carbocycles. The van der Waals surface area contributed by atoms with Crippen LogP contribution in [0.25, 0.3) is 0 Å². The van der Waals surface area contributed by atoms with Crippen LogP contribution >= 0.6 is 0 Å². The summed E-state index contributed by atoms with van der Waals surface area (Å²) in [5, 5.41) is 3.42. The van der Waals surface area contributed by atoms with Gasteiger partial charge in [0, 0.05) is 29.2 Å². The molecule has 1 spiro atoms. The molecular weight excluding hydrogens is 284 g/mol. The van der Waals surface area contributed by atoms with Crippen molar-refractivity contribution in [3.63, 3.8) is 0 Å². The van der Waals surface area contributed by atoms with E-state index in [1.807, 2.05) is 20.8 Å². The number of rotatable bonds is 2. The van der Waals surface area contributed by atoms with Gasteiger partial charge in [-0.2, -0.15) is 0 Å². The molecule has 0 bridgehead atoms. The lowest BCUT2D eigenvalue weighted by atomic mass is 9.74. The van der Waals surface area contributed by atoms with E-state index in [4.69, 9.17) is 0 Å². The minimum atomic E-state index is -1.10. The van der Waals surface area contributed by atoms with Gasteiger partial charge in [0.15, 0.2) is 0 Å². The van der Waals surface area contributed by atoms with Gasteiger partial charge in [0.2, 0.25) is 0 Å². The summed E-state index contributed by atoms with van der Waals surface area (Å²) in [7, 11) is 0. The fourth-order valence-corrected chi connectivity index (χ4v) is 4.26. The molecule has 1 unspecified atom stereocenters. The van der Waals surface area contributed by atoms with Crippen LogP contribution in [0.4, 0.5) is 0 Å². The predicted octanol–water partition coefficient (Wildman–Crippen LogP) is 1.50. The van der Waals surface area contributed by atoms with Gasteiger partial charge in [0.1, 0.15) is 10.8 Å². The van der Waals surface area contributed by atoms with E-state index in [2.05, 4.69) is 20.0 Å². The number of aromatic nitrogens is 2. The first kappa shape index (κ1) is 15.2. The maximum Gasteiger partial charge on any atom is 0.136 e. The minimum Gasteiger partial charge on any atom is -0.598 e. The van der Waals surface area contributed by atoms with Crippen LogP contribution in [0.1, 0.15) is 51.0 Å². The molecule has 2 aliphatic rings. The normalized spacial score (nSPS) is 25.8. The van der Waals surface area contributed by atoms with Crippen LogP contribution in [-0.2, 0) is 17.8 Å². The number of nitrogens with zero attached hydrogens (tertiary/aromatic N) is 2. The van der Waals surface area contributed by atoms with Crippen molar-refractivity contribution in [2.45, 2.75) is 50.8 Å². The average molecular weight is 308 g/mol. The van der Waals surface area contributed by atoms with Crippen LogP contribution in [0, 0.1) is 5.41 Å². The second kappa shape index (κ2) is 5.50. The summed E-state index contributed by atoms with van der Waals surface area (Å²) in [6.07, 6.45) is 6.59. The first-order valence-electron chi connectivity index (χ1n) is 7.61. The average Bonchev–Trinajstić information content (AvgIpc) is 2.72. The molecule has 0 aromatic carbocycles. The standard InChI is InChI=1S/C15H24N4OS/c1-14(2,3)21(20)19-13-12-11(17-8-9-18-12)10-15(13)4-6-16-7-5-15/h8-9,13,16,19H,4-7,10H2,1-3H3/t13-,21?/m1/s1. The summed E-state index contributed by atoms with van der Waals surface area (Å²) in [5.74, 6) is 0. The first-order chi connectivity index (χ1) is 9.92. The zero-order chi connectivity index (χ0) is 15.1. The molecule has 3 rings (SSSR count). The quantitative estimate of drug-likeness (QED) is 0.810. The third kappa shape index (κ3) is 2.82. The van der Waals surface area contributed by atoms with E-state index < -0.39 is 11.4 Å². The van der Waals surface area contributed by atoms with E-state index in [1.165, 1.54) is 0 Å². The third-order valence-electron chi connectivity index (χ3n) is 4.59. The molecular formula is C15H24N4OS. The van der Waals surface area contributed by atoms with Gasteiger partial charge in [-0.3, -0.25) is 9.97 Å². The second-order valence-corrected chi connectivity index (χ2v) is 9.11. The second-order valence-electron chi connectivity index (χ2n) is 7.11. The summed E-state index contributed by atoms with van der Waals surface area (Å²) < 4.78 is 15.7. The Labute approximate surface area is 129 Å². The number of hydrogen-bond acceptors (Lipinski definition) is 5. The smallest absolute Gasteiger partial charge is 0.136 e. The highest BCUT2D eigenvalue weighted by atomic mass is 32.2. The molecule has 2 atom stereocenters. The molecule has 1 aliphatic heterocycles. The van der Waals surface area contributed by atoms with E-state index in [1.54, 1.807) is 12.4 Å². The number of hydrogen-bond donors (Lipinski definition) is 2. The highest BCUT2D eigenvalue weighted by Gasteiger charge is 2.51. The van der Waals surface area contributed by atoms with Crippen LogP contribution < -0.4 is 10.0 Å². The van der Waals surface area contributed by atoms with Crippen LogP contribution in [-0.4, -0.2) is 32.4 Å². The van der Waals surface area contributed by atoms with Gasteiger partial charge >= 0.3 is 0 Å². The Balaban J connectivity index is 1.92. The van der Waals surface area contributed by atoms with Gasteiger partial charge in [-0.1, -0.05) is 0 Å².